The molecule has 1 fully saturated rings. The van der Waals surface area contributed by atoms with Crippen LogP contribution in [0.1, 0.15) is 17.3 Å². The standard InChI is InChI=1S/C19H25N3O2/c1-23-15-18(16-6-3-2-4-7-16)20-14-17-8-5-9-19(21-17)22-10-12-24-13-11-22/h2-9,18,20H,10-15H2,1H3. The summed E-state index contributed by atoms with van der Waals surface area (Å²) in [4.78, 5) is 7.06. The van der Waals surface area contributed by atoms with Gasteiger partial charge < -0.3 is 19.7 Å². The molecule has 0 spiro atoms. The number of rotatable bonds is 7. The minimum atomic E-state index is 0.157. The van der Waals surface area contributed by atoms with Crippen molar-refractivity contribution in [3.8, 4) is 0 Å². The Morgan fingerprint density at radius 3 is 2.67 bits per heavy atom. The fraction of sp³-hybridized carbons (Fsp3) is 0.421. The molecular formula is C19H25N3O2. The molecule has 2 heterocycles. The van der Waals surface area contributed by atoms with E-state index < -0.39 is 0 Å². The van der Waals surface area contributed by atoms with Crippen molar-refractivity contribution < 1.29 is 9.47 Å². The molecule has 0 aliphatic carbocycles. The van der Waals surface area contributed by atoms with Gasteiger partial charge in [0.05, 0.1) is 31.6 Å². The first-order valence-corrected chi connectivity index (χ1v) is 8.42. The normalized spacial score (nSPS) is 16.1. The number of morpholine rings is 1. The Balaban J connectivity index is 1.64. The number of anilines is 1. The van der Waals surface area contributed by atoms with E-state index in [0.717, 1.165) is 37.8 Å². The second kappa shape index (κ2) is 8.78. The van der Waals surface area contributed by atoms with Gasteiger partial charge in [-0.2, -0.15) is 0 Å². The van der Waals surface area contributed by atoms with E-state index in [1.54, 1.807) is 7.11 Å². The number of hydrogen-bond donors (Lipinski definition) is 1. The van der Waals surface area contributed by atoms with Crippen LogP contribution < -0.4 is 10.2 Å². The van der Waals surface area contributed by atoms with Crippen LogP contribution in [0.5, 0.6) is 0 Å². The lowest BCUT2D eigenvalue weighted by atomic mass is 10.1. The highest BCUT2D eigenvalue weighted by Crippen LogP contribution is 2.16. The fourth-order valence-corrected chi connectivity index (χ4v) is 2.89. The number of ether oxygens (including phenoxy) is 2. The first-order chi connectivity index (χ1) is 11.9. The summed E-state index contributed by atoms with van der Waals surface area (Å²) in [5.74, 6) is 1.03. The molecule has 24 heavy (non-hydrogen) atoms. The number of methoxy groups -OCH3 is 1. The Labute approximate surface area is 143 Å². The van der Waals surface area contributed by atoms with E-state index in [0.29, 0.717) is 13.2 Å². The van der Waals surface area contributed by atoms with Gasteiger partial charge in [0.25, 0.3) is 0 Å². The number of hydrogen-bond acceptors (Lipinski definition) is 5. The zero-order valence-electron chi connectivity index (χ0n) is 14.1. The lowest BCUT2D eigenvalue weighted by molar-refractivity contribution is 0.122. The van der Waals surface area contributed by atoms with Crippen LogP contribution in [-0.4, -0.2) is 45.0 Å². The maximum Gasteiger partial charge on any atom is 0.129 e. The molecule has 0 amide bonds. The van der Waals surface area contributed by atoms with Crippen LogP contribution in [0.2, 0.25) is 0 Å². The van der Waals surface area contributed by atoms with Crippen molar-refractivity contribution in [2.75, 3.05) is 44.9 Å². The van der Waals surface area contributed by atoms with Crippen molar-refractivity contribution in [3.05, 3.63) is 59.8 Å². The molecule has 3 rings (SSSR count). The van der Waals surface area contributed by atoms with Crippen LogP contribution in [0.4, 0.5) is 5.82 Å². The van der Waals surface area contributed by atoms with E-state index in [2.05, 4.69) is 52.7 Å². The minimum absolute atomic E-state index is 0.157. The second-order valence-electron chi connectivity index (χ2n) is 5.89. The monoisotopic (exact) mass is 327 g/mol. The molecule has 1 N–H and O–H groups in total. The van der Waals surface area contributed by atoms with Crippen molar-refractivity contribution in [2.45, 2.75) is 12.6 Å². The minimum Gasteiger partial charge on any atom is -0.383 e. The van der Waals surface area contributed by atoms with E-state index in [1.807, 2.05) is 6.07 Å². The van der Waals surface area contributed by atoms with Gasteiger partial charge in [-0.15, -0.1) is 0 Å². The largest absolute Gasteiger partial charge is 0.383 e. The van der Waals surface area contributed by atoms with Gasteiger partial charge in [0.15, 0.2) is 0 Å². The zero-order chi connectivity index (χ0) is 16.6. The van der Waals surface area contributed by atoms with Crippen LogP contribution in [0, 0.1) is 0 Å². The van der Waals surface area contributed by atoms with Crippen molar-refractivity contribution in [1.29, 1.82) is 0 Å². The Bertz CT molecular complexity index is 615. The predicted molar refractivity (Wildman–Crippen MR) is 95.2 cm³/mol. The topological polar surface area (TPSA) is 46.6 Å². The molecule has 1 aromatic carbocycles. The van der Waals surface area contributed by atoms with Crippen LogP contribution in [0.25, 0.3) is 0 Å². The van der Waals surface area contributed by atoms with Gasteiger partial charge >= 0.3 is 0 Å². The number of nitrogens with one attached hydrogen (secondary N) is 1. The first-order valence-electron chi connectivity index (χ1n) is 8.42. The SMILES string of the molecule is COCC(NCc1cccc(N2CCOCC2)n1)c1ccccc1. The third-order valence-electron chi connectivity index (χ3n) is 4.19. The smallest absolute Gasteiger partial charge is 0.129 e. The Kier molecular flexibility index (Phi) is 6.18. The molecule has 1 unspecified atom stereocenters. The van der Waals surface area contributed by atoms with Gasteiger partial charge in [0.1, 0.15) is 5.82 Å². The molecule has 0 radical (unpaired) electrons. The Morgan fingerprint density at radius 1 is 1.12 bits per heavy atom. The summed E-state index contributed by atoms with van der Waals surface area (Å²) in [7, 11) is 1.73. The maximum atomic E-state index is 5.41. The lowest BCUT2D eigenvalue weighted by Crippen LogP contribution is -2.37. The fourth-order valence-electron chi connectivity index (χ4n) is 2.89. The molecule has 5 heteroatoms. The molecule has 128 valence electrons. The molecule has 1 atom stereocenters. The van der Waals surface area contributed by atoms with Gasteiger partial charge in [0, 0.05) is 26.7 Å². The van der Waals surface area contributed by atoms with Crippen molar-refractivity contribution in [3.63, 3.8) is 0 Å². The summed E-state index contributed by atoms with van der Waals surface area (Å²) in [6, 6.07) is 16.7. The summed E-state index contributed by atoms with van der Waals surface area (Å²) in [6.45, 7) is 4.69. The number of aromatic nitrogens is 1. The summed E-state index contributed by atoms with van der Waals surface area (Å²) in [5, 5.41) is 3.55. The average Bonchev–Trinajstić information content (AvgIpc) is 2.67. The summed E-state index contributed by atoms with van der Waals surface area (Å²) < 4.78 is 10.8. The molecule has 1 saturated heterocycles. The van der Waals surface area contributed by atoms with Crippen LogP contribution in [0.3, 0.4) is 0 Å². The highest BCUT2D eigenvalue weighted by Gasteiger charge is 2.14. The van der Waals surface area contributed by atoms with Gasteiger partial charge in [-0.25, -0.2) is 4.98 Å². The molecule has 1 aliphatic rings. The molecule has 1 aliphatic heterocycles. The van der Waals surface area contributed by atoms with Crippen LogP contribution >= 0.6 is 0 Å². The molecule has 5 nitrogen and oxygen atoms in total. The Morgan fingerprint density at radius 2 is 1.92 bits per heavy atom. The first kappa shape index (κ1) is 16.9. The van der Waals surface area contributed by atoms with Gasteiger partial charge in [-0.05, 0) is 17.7 Å². The van der Waals surface area contributed by atoms with E-state index >= 15 is 0 Å². The van der Waals surface area contributed by atoms with Gasteiger partial charge in [-0.1, -0.05) is 36.4 Å². The lowest BCUT2D eigenvalue weighted by Gasteiger charge is -2.28. The molecule has 0 bridgehead atoms. The van der Waals surface area contributed by atoms with Crippen molar-refractivity contribution in [2.24, 2.45) is 0 Å². The van der Waals surface area contributed by atoms with Crippen LogP contribution in [0.15, 0.2) is 48.5 Å². The molecule has 0 saturated carbocycles. The van der Waals surface area contributed by atoms with Gasteiger partial charge in [-0.3, -0.25) is 0 Å². The van der Waals surface area contributed by atoms with Gasteiger partial charge in [0.2, 0.25) is 0 Å². The second-order valence-corrected chi connectivity index (χ2v) is 5.89. The van der Waals surface area contributed by atoms with Crippen molar-refractivity contribution >= 4 is 5.82 Å². The van der Waals surface area contributed by atoms with E-state index in [-0.39, 0.29) is 6.04 Å². The zero-order valence-corrected chi connectivity index (χ0v) is 14.1. The predicted octanol–water partition coefficient (Wildman–Crippen LogP) is 2.40. The number of pyridine rings is 1. The third kappa shape index (κ3) is 4.54. The molecular weight excluding hydrogens is 302 g/mol. The third-order valence-corrected chi connectivity index (χ3v) is 4.19. The summed E-state index contributed by atoms with van der Waals surface area (Å²) in [6.07, 6.45) is 0. The van der Waals surface area contributed by atoms with Crippen LogP contribution in [-0.2, 0) is 16.0 Å². The maximum absolute atomic E-state index is 5.41. The average molecular weight is 327 g/mol. The number of benzene rings is 1. The highest BCUT2D eigenvalue weighted by atomic mass is 16.5. The van der Waals surface area contributed by atoms with E-state index in [9.17, 15) is 0 Å². The summed E-state index contributed by atoms with van der Waals surface area (Å²) in [5.41, 5.74) is 2.26. The quantitative estimate of drug-likeness (QED) is 0.846. The van der Waals surface area contributed by atoms with Crippen molar-refractivity contribution in [1.82, 2.24) is 10.3 Å². The highest BCUT2D eigenvalue weighted by molar-refractivity contribution is 5.39. The van der Waals surface area contributed by atoms with E-state index in [4.69, 9.17) is 14.5 Å². The molecule has 2 aromatic rings. The Hall–Kier alpha value is -1.95. The molecule has 1 aromatic heterocycles. The van der Waals surface area contributed by atoms with E-state index in [1.165, 1.54) is 5.56 Å². The number of nitrogens with zero attached hydrogens (tertiary/aromatic N) is 2. The summed E-state index contributed by atoms with van der Waals surface area (Å²) >= 11 is 0.